The zero-order valence-corrected chi connectivity index (χ0v) is 19.0. The van der Waals surface area contributed by atoms with E-state index in [0.29, 0.717) is 12.3 Å². The topological polar surface area (TPSA) is 106 Å². The first kappa shape index (κ1) is 23.3. The van der Waals surface area contributed by atoms with Gasteiger partial charge in [-0.05, 0) is 66.0 Å². The molecule has 0 aliphatic heterocycles. The largest absolute Gasteiger partial charge is 0.482 e. The summed E-state index contributed by atoms with van der Waals surface area (Å²) in [6, 6.07) is 18.7. The standard InChI is InChI=1S/C27H29N3O4/c28-27(33)30(26(20-7-2-1-3-8-20)21-10-6-15-29-17-21)16-14-19-9-4-12-23-22(19)11-5-13-24(23)34-18-25(31)32/h1-3,5-8,10-11,13,15,17,19,26H,4,9,12,14,16,18H2,(H2,28,33)(H,31,32). The number of urea groups is 1. The minimum Gasteiger partial charge on any atom is -0.482 e. The summed E-state index contributed by atoms with van der Waals surface area (Å²) in [5, 5.41) is 8.99. The van der Waals surface area contributed by atoms with Crippen molar-refractivity contribution in [2.75, 3.05) is 13.2 Å². The van der Waals surface area contributed by atoms with Crippen LogP contribution in [0.5, 0.6) is 5.75 Å². The van der Waals surface area contributed by atoms with Gasteiger partial charge in [0.15, 0.2) is 6.61 Å². The summed E-state index contributed by atoms with van der Waals surface area (Å²) in [5.41, 5.74) is 10.0. The van der Waals surface area contributed by atoms with E-state index in [1.165, 1.54) is 0 Å². The van der Waals surface area contributed by atoms with Crippen molar-refractivity contribution in [1.29, 1.82) is 0 Å². The van der Waals surface area contributed by atoms with Gasteiger partial charge in [0.1, 0.15) is 5.75 Å². The maximum Gasteiger partial charge on any atom is 0.341 e. The Morgan fingerprint density at radius 2 is 1.88 bits per heavy atom. The van der Waals surface area contributed by atoms with Crippen LogP contribution < -0.4 is 10.5 Å². The molecule has 1 aliphatic rings. The van der Waals surface area contributed by atoms with Gasteiger partial charge in [-0.2, -0.15) is 0 Å². The highest BCUT2D eigenvalue weighted by Crippen LogP contribution is 2.39. The maximum atomic E-state index is 12.7. The second-order valence-corrected chi connectivity index (χ2v) is 8.52. The van der Waals surface area contributed by atoms with E-state index in [2.05, 4.69) is 11.1 Å². The average Bonchev–Trinajstić information content (AvgIpc) is 2.86. The van der Waals surface area contributed by atoms with E-state index in [9.17, 15) is 9.59 Å². The van der Waals surface area contributed by atoms with Crippen molar-refractivity contribution in [1.82, 2.24) is 9.88 Å². The van der Waals surface area contributed by atoms with Crippen LogP contribution in [0.1, 0.15) is 53.5 Å². The summed E-state index contributed by atoms with van der Waals surface area (Å²) in [6.45, 7) is 0.120. The van der Waals surface area contributed by atoms with Crippen LogP contribution in [-0.4, -0.2) is 40.1 Å². The fraction of sp³-hybridized carbons (Fsp3) is 0.296. The van der Waals surface area contributed by atoms with Gasteiger partial charge in [-0.25, -0.2) is 9.59 Å². The van der Waals surface area contributed by atoms with Crippen LogP contribution in [0, 0.1) is 0 Å². The number of hydrogen-bond acceptors (Lipinski definition) is 4. The van der Waals surface area contributed by atoms with Gasteiger partial charge in [-0.3, -0.25) is 4.98 Å². The fourth-order valence-corrected chi connectivity index (χ4v) is 4.87. The first-order valence-electron chi connectivity index (χ1n) is 11.5. The number of pyridine rings is 1. The first-order chi connectivity index (χ1) is 16.5. The number of nitrogens with two attached hydrogens (primary N) is 1. The molecule has 0 saturated carbocycles. The number of amides is 2. The van der Waals surface area contributed by atoms with E-state index < -0.39 is 12.0 Å². The van der Waals surface area contributed by atoms with Gasteiger partial charge in [0, 0.05) is 18.9 Å². The van der Waals surface area contributed by atoms with E-state index in [1.807, 2.05) is 54.6 Å². The average molecular weight is 460 g/mol. The lowest BCUT2D eigenvalue weighted by atomic mass is 9.80. The lowest BCUT2D eigenvalue weighted by molar-refractivity contribution is -0.139. The van der Waals surface area contributed by atoms with Gasteiger partial charge >= 0.3 is 12.0 Å². The zero-order valence-electron chi connectivity index (χ0n) is 19.0. The van der Waals surface area contributed by atoms with Crippen molar-refractivity contribution in [2.45, 2.75) is 37.6 Å². The summed E-state index contributed by atoms with van der Waals surface area (Å²) in [4.78, 5) is 29.6. The Balaban J connectivity index is 1.58. The lowest BCUT2D eigenvalue weighted by Gasteiger charge is -2.34. The molecule has 34 heavy (non-hydrogen) atoms. The number of carboxylic acid groups (broad SMARTS) is 1. The van der Waals surface area contributed by atoms with Crippen molar-refractivity contribution in [3.05, 3.63) is 95.3 Å². The number of primary amides is 1. The van der Waals surface area contributed by atoms with E-state index >= 15 is 0 Å². The number of carboxylic acids is 1. The predicted molar refractivity (Wildman–Crippen MR) is 129 cm³/mol. The zero-order chi connectivity index (χ0) is 23.9. The summed E-state index contributed by atoms with van der Waals surface area (Å²) in [5.74, 6) is -0.136. The van der Waals surface area contributed by atoms with Gasteiger partial charge in [0.25, 0.3) is 0 Å². The van der Waals surface area contributed by atoms with Crippen molar-refractivity contribution in [3.63, 3.8) is 0 Å². The van der Waals surface area contributed by atoms with Crippen LogP contribution in [0.15, 0.2) is 73.1 Å². The van der Waals surface area contributed by atoms with Gasteiger partial charge in [-0.1, -0.05) is 48.5 Å². The van der Waals surface area contributed by atoms with Crippen molar-refractivity contribution in [3.8, 4) is 5.75 Å². The van der Waals surface area contributed by atoms with Crippen molar-refractivity contribution in [2.24, 2.45) is 5.73 Å². The second-order valence-electron chi connectivity index (χ2n) is 8.52. The third-order valence-corrected chi connectivity index (χ3v) is 6.37. The van der Waals surface area contributed by atoms with Gasteiger partial charge < -0.3 is 20.5 Å². The molecule has 0 bridgehead atoms. The molecule has 2 unspecified atom stereocenters. The third-order valence-electron chi connectivity index (χ3n) is 6.37. The minimum absolute atomic E-state index is 0.226. The highest BCUT2D eigenvalue weighted by atomic mass is 16.5. The molecule has 2 atom stereocenters. The van der Waals surface area contributed by atoms with Crippen LogP contribution in [0.4, 0.5) is 4.79 Å². The Morgan fingerprint density at radius 3 is 2.59 bits per heavy atom. The van der Waals surface area contributed by atoms with E-state index in [4.69, 9.17) is 15.6 Å². The molecule has 2 amide bonds. The Morgan fingerprint density at radius 1 is 1.09 bits per heavy atom. The molecular weight excluding hydrogens is 430 g/mol. The number of benzene rings is 2. The number of carbonyl (C=O) groups is 2. The molecule has 4 rings (SSSR count). The molecule has 3 aromatic rings. The summed E-state index contributed by atoms with van der Waals surface area (Å²) < 4.78 is 5.54. The van der Waals surface area contributed by atoms with Gasteiger partial charge in [-0.15, -0.1) is 0 Å². The molecule has 1 aliphatic carbocycles. The first-order valence-corrected chi connectivity index (χ1v) is 11.5. The molecule has 0 fully saturated rings. The van der Waals surface area contributed by atoms with E-state index in [0.717, 1.165) is 47.9 Å². The second kappa shape index (κ2) is 10.8. The predicted octanol–water partition coefficient (Wildman–Crippen LogP) is 4.53. The molecule has 1 heterocycles. The van der Waals surface area contributed by atoms with Crippen LogP contribution in [0.2, 0.25) is 0 Å². The number of ether oxygens (including phenoxy) is 1. The number of aromatic nitrogens is 1. The molecular formula is C27H29N3O4. The molecule has 0 spiro atoms. The van der Waals surface area contributed by atoms with E-state index in [-0.39, 0.29) is 18.6 Å². The fourth-order valence-electron chi connectivity index (χ4n) is 4.87. The molecule has 0 saturated heterocycles. The maximum absolute atomic E-state index is 12.7. The lowest BCUT2D eigenvalue weighted by Crippen LogP contribution is -2.40. The summed E-state index contributed by atoms with van der Waals surface area (Å²) in [7, 11) is 0. The Labute approximate surface area is 199 Å². The smallest absolute Gasteiger partial charge is 0.341 e. The monoisotopic (exact) mass is 459 g/mol. The summed E-state index contributed by atoms with van der Waals surface area (Å²) in [6.07, 6.45) is 7.04. The SMILES string of the molecule is NC(=O)N(CCC1CCCc2c(OCC(=O)O)cccc21)C(c1ccccc1)c1cccnc1. The number of hydrogen-bond donors (Lipinski definition) is 2. The van der Waals surface area contributed by atoms with Gasteiger partial charge in [0.2, 0.25) is 0 Å². The number of rotatable bonds is 9. The highest BCUT2D eigenvalue weighted by molar-refractivity contribution is 5.73. The Hall–Kier alpha value is -3.87. The minimum atomic E-state index is -0.996. The normalized spacial score (nSPS) is 15.7. The molecule has 176 valence electrons. The number of nitrogens with zero attached hydrogens (tertiary/aromatic N) is 2. The molecule has 2 aromatic carbocycles. The van der Waals surface area contributed by atoms with Gasteiger partial charge in [0.05, 0.1) is 6.04 Å². The summed E-state index contributed by atoms with van der Waals surface area (Å²) >= 11 is 0. The Kier molecular flexibility index (Phi) is 7.42. The van der Waals surface area contributed by atoms with Crippen molar-refractivity contribution >= 4 is 12.0 Å². The molecule has 3 N–H and O–H groups in total. The van der Waals surface area contributed by atoms with Crippen LogP contribution in [0.25, 0.3) is 0 Å². The van der Waals surface area contributed by atoms with Crippen LogP contribution in [-0.2, 0) is 11.2 Å². The number of fused-ring (bicyclic) bond motifs is 1. The van der Waals surface area contributed by atoms with Crippen LogP contribution in [0.3, 0.4) is 0 Å². The molecule has 0 radical (unpaired) electrons. The van der Waals surface area contributed by atoms with Crippen molar-refractivity contribution < 1.29 is 19.4 Å². The van der Waals surface area contributed by atoms with Crippen LogP contribution >= 0.6 is 0 Å². The molecule has 7 nitrogen and oxygen atoms in total. The quantitative estimate of drug-likeness (QED) is 0.489. The Bertz CT molecular complexity index is 1080. The number of aliphatic carboxylic acids is 1. The molecule has 1 aromatic heterocycles. The third kappa shape index (κ3) is 5.36. The molecule has 7 heteroatoms. The number of carbonyl (C=O) groups excluding carboxylic acids is 1. The highest BCUT2D eigenvalue weighted by Gasteiger charge is 2.28. The van der Waals surface area contributed by atoms with E-state index in [1.54, 1.807) is 17.3 Å².